The fourth-order valence-electron chi connectivity index (χ4n) is 1.46. The van der Waals surface area contributed by atoms with Crippen molar-refractivity contribution < 1.29 is 5.11 Å². The Balaban J connectivity index is 2.09. The van der Waals surface area contributed by atoms with Gasteiger partial charge in [0.2, 0.25) is 11.9 Å². The number of aliphatic hydroxyl groups is 1. The number of nitrogens with one attached hydrogen (secondary N) is 1. The summed E-state index contributed by atoms with van der Waals surface area (Å²) >= 11 is 0. The molecule has 0 radical (unpaired) electrons. The Bertz CT molecular complexity index is 514. The molecular weight excluding hydrogens is 248 g/mol. The van der Waals surface area contributed by atoms with Crippen molar-refractivity contribution in [2.75, 3.05) is 24.2 Å². The van der Waals surface area contributed by atoms with Crippen LogP contribution in [0.3, 0.4) is 0 Å². The highest BCUT2D eigenvalue weighted by Crippen LogP contribution is 2.07. The molecule has 0 saturated carbocycles. The fraction of sp³-hybridized carbons (Fsp3) is 0.500. The first-order valence-corrected chi connectivity index (χ1v) is 5.90. The molecule has 0 spiro atoms. The second-order valence-corrected chi connectivity index (χ2v) is 4.16. The van der Waals surface area contributed by atoms with E-state index in [0.717, 1.165) is 0 Å². The van der Waals surface area contributed by atoms with E-state index in [1.165, 1.54) is 17.3 Å². The molecule has 2 aromatic heterocycles. The molecule has 2 aromatic rings. The number of aromatic nitrogens is 6. The van der Waals surface area contributed by atoms with Gasteiger partial charge in [-0.3, -0.25) is 0 Å². The lowest BCUT2D eigenvalue weighted by atomic mass is 10.1. The molecule has 0 bridgehead atoms. The maximum absolute atomic E-state index is 8.84. The highest BCUT2D eigenvalue weighted by molar-refractivity contribution is 5.34. The van der Waals surface area contributed by atoms with Crippen molar-refractivity contribution >= 4 is 11.9 Å². The Kier molecular flexibility index (Phi) is 4.18. The van der Waals surface area contributed by atoms with Gasteiger partial charge >= 0.3 is 0 Å². The van der Waals surface area contributed by atoms with Gasteiger partial charge in [0.15, 0.2) is 0 Å². The van der Waals surface area contributed by atoms with Crippen LogP contribution in [0.15, 0.2) is 12.7 Å². The Morgan fingerprint density at radius 1 is 1.42 bits per heavy atom. The van der Waals surface area contributed by atoms with Crippen molar-refractivity contribution in [3.05, 3.63) is 12.7 Å². The van der Waals surface area contributed by atoms with Crippen molar-refractivity contribution in [3.63, 3.8) is 0 Å². The maximum atomic E-state index is 8.84. The summed E-state index contributed by atoms with van der Waals surface area (Å²) < 4.78 is 1.40. The van der Waals surface area contributed by atoms with Gasteiger partial charge in [-0.05, 0) is 12.3 Å². The number of aliphatic hydroxyl groups excluding tert-OH is 1. The Labute approximate surface area is 109 Å². The molecule has 2 rings (SSSR count). The van der Waals surface area contributed by atoms with Crippen LogP contribution in [0, 0.1) is 5.92 Å². The molecule has 9 heteroatoms. The zero-order chi connectivity index (χ0) is 13.7. The molecule has 0 amide bonds. The molecule has 0 aliphatic heterocycles. The summed E-state index contributed by atoms with van der Waals surface area (Å²) in [7, 11) is 0. The molecule has 2 heterocycles. The topological polar surface area (TPSA) is 128 Å². The predicted molar refractivity (Wildman–Crippen MR) is 68.5 cm³/mol. The fourth-order valence-corrected chi connectivity index (χ4v) is 1.46. The number of nitrogens with two attached hydrogens (primary N) is 1. The normalized spacial score (nSPS) is 12.3. The van der Waals surface area contributed by atoms with Crippen LogP contribution in [-0.4, -0.2) is 48.0 Å². The van der Waals surface area contributed by atoms with Gasteiger partial charge in [0.1, 0.15) is 12.7 Å². The second kappa shape index (κ2) is 6.05. The molecule has 0 aromatic carbocycles. The summed E-state index contributed by atoms with van der Waals surface area (Å²) in [6.07, 6.45) is 3.58. The van der Waals surface area contributed by atoms with Crippen molar-refractivity contribution in [1.82, 2.24) is 29.7 Å². The van der Waals surface area contributed by atoms with E-state index in [9.17, 15) is 0 Å². The SMILES string of the molecule is CC(CCO)CNc1nc(N)nc(-n2cncn2)n1. The molecular formula is C10H16N8O. The zero-order valence-corrected chi connectivity index (χ0v) is 10.6. The number of anilines is 2. The van der Waals surface area contributed by atoms with Gasteiger partial charge in [-0.15, -0.1) is 0 Å². The van der Waals surface area contributed by atoms with Crippen molar-refractivity contribution in [2.45, 2.75) is 13.3 Å². The van der Waals surface area contributed by atoms with E-state index in [-0.39, 0.29) is 12.6 Å². The second-order valence-electron chi connectivity index (χ2n) is 4.16. The Hall–Kier alpha value is -2.29. The van der Waals surface area contributed by atoms with Gasteiger partial charge in [0, 0.05) is 13.2 Å². The molecule has 102 valence electrons. The van der Waals surface area contributed by atoms with E-state index in [1.807, 2.05) is 6.92 Å². The number of hydrogen-bond donors (Lipinski definition) is 3. The number of nitrogens with zero attached hydrogens (tertiary/aromatic N) is 6. The third-order valence-electron chi connectivity index (χ3n) is 2.50. The monoisotopic (exact) mass is 264 g/mol. The largest absolute Gasteiger partial charge is 0.396 e. The number of nitrogen functional groups attached to an aromatic ring is 1. The third-order valence-corrected chi connectivity index (χ3v) is 2.50. The van der Waals surface area contributed by atoms with Gasteiger partial charge in [-0.2, -0.15) is 24.7 Å². The van der Waals surface area contributed by atoms with Crippen molar-refractivity contribution in [1.29, 1.82) is 0 Å². The van der Waals surface area contributed by atoms with Gasteiger partial charge in [0.25, 0.3) is 5.95 Å². The molecule has 1 unspecified atom stereocenters. The average Bonchev–Trinajstić information content (AvgIpc) is 2.90. The minimum atomic E-state index is 0.109. The lowest BCUT2D eigenvalue weighted by Gasteiger charge is -2.11. The van der Waals surface area contributed by atoms with E-state index in [4.69, 9.17) is 10.8 Å². The third kappa shape index (κ3) is 3.58. The van der Waals surface area contributed by atoms with Crippen LogP contribution in [0.25, 0.3) is 5.95 Å². The Morgan fingerprint density at radius 3 is 2.95 bits per heavy atom. The van der Waals surface area contributed by atoms with Gasteiger partial charge in [-0.1, -0.05) is 6.92 Å². The van der Waals surface area contributed by atoms with E-state index < -0.39 is 0 Å². The quantitative estimate of drug-likeness (QED) is 0.635. The molecule has 0 saturated heterocycles. The van der Waals surface area contributed by atoms with Crippen LogP contribution in [-0.2, 0) is 0 Å². The number of hydrogen-bond acceptors (Lipinski definition) is 8. The summed E-state index contributed by atoms with van der Waals surface area (Å²) in [6.45, 7) is 2.82. The summed E-state index contributed by atoms with van der Waals surface area (Å²) in [5, 5.41) is 15.8. The molecule has 19 heavy (non-hydrogen) atoms. The van der Waals surface area contributed by atoms with Gasteiger partial charge in [0.05, 0.1) is 0 Å². The van der Waals surface area contributed by atoms with Crippen LogP contribution in [0.4, 0.5) is 11.9 Å². The zero-order valence-electron chi connectivity index (χ0n) is 10.6. The minimum Gasteiger partial charge on any atom is -0.396 e. The van der Waals surface area contributed by atoms with E-state index in [1.54, 1.807) is 0 Å². The summed E-state index contributed by atoms with van der Waals surface area (Å²) in [5.41, 5.74) is 5.63. The van der Waals surface area contributed by atoms with Crippen LogP contribution < -0.4 is 11.1 Å². The standard InChI is InChI=1S/C10H16N8O/c1-7(2-3-19)4-13-9-15-8(11)16-10(17-9)18-6-12-5-14-18/h5-7,19H,2-4H2,1H3,(H3,11,13,15,16,17). The van der Waals surface area contributed by atoms with Gasteiger partial charge < -0.3 is 16.2 Å². The molecule has 0 aliphatic rings. The van der Waals surface area contributed by atoms with Crippen molar-refractivity contribution in [2.24, 2.45) is 5.92 Å². The minimum absolute atomic E-state index is 0.109. The first-order chi connectivity index (χ1) is 9.19. The first-order valence-electron chi connectivity index (χ1n) is 5.90. The van der Waals surface area contributed by atoms with E-state index in [2.05, 4.69) is 30.4 Å². The lowest BCUT2D eigenvalue weighted by molar-refractivity contribution is 0.265. The molecule has 0 aliphatic carbocycles. The van der Waals surface area contributed by atoms with Crippen LogP contribution in [0.1, 0.15) is 13.3 Å². The smallest absolute Gasteiger partial charge is 0.258 e. The molecule has 9 nitrogen and oxygen atoms in total. The predicted octanol–water partition coefficient (Wildman–Crippen LogP) is -0.535. The Morgan fingerprint density at radius 2 is 2.26 bits per heavy atom. The summed E-state index contributed by atoms with van der Waals surface area (Å²) in [5.74, 6) is 1.10. The lowest BCUT2D eigenvalue weighted by Crippen LogP contribution is -2.16. The number of rotatable bonds is 6. The van der Waals surface area contributed by atoms with Crippen LogP contribution >= 0.6 is 0 Å². The first kappa shape index (κ1) is 13.1. The van der Waals surface area contributed by atoms with Gasteiger partial charge in [-0.25, -0.2) is 4.98 Å². The van der Waals surface area contributed by atoms with E-state index in [0.29, 0.717) is 30.8 Å². The highest BCUT2D eigenvalue weighted by atomic mass is 16.3. The van der Waals surface area contributed by atoms with Crippen LogP contribution in [0.2, 0.25) is 0 Å². The summed E-state index contributed by atoms with van der Waals surface area (Å²) in [4.78, 5) is 16.0. The molecule has 4 N–H and O–H groups in total. The molecule has 0 fully saturated rings. The van der Waals surface area contributed by atoms with Crippen molar-refractivity contribution in [3.8, 4) is 5.95 Å². The van der Waals surface area contributed by atoms with E-state index >= 15 is 0 Å². The maximum Gasteiger partial charge on any atom is 0.258 e. The molecule has 1 atom stereocenters. The summed E-state index contributed by atoms with van der Waals surface area (Å²) in [6, 6.07) is 0. The van der Waals surface area contributed by atoms with Crippen LogP contribution in [0.5, 0.6) is 0 Å². The highest BCUT2D eigenvalue weighted by Gasteiger charge is 2.08. The average molecular weight is 264 g/mol.